The van der Waals surface area contributed by atoms with Gasteiger partial charge in [0.1, 0.15) is 11.3 Å². The number of fused-ring (bicyclic) bond motifs is 1. The predicted molar refractivity (Wildman–Crippen MR) is 63.9 cm³/mol. The predicted octanol–water partition coefficient (Wildman–Crippen LogP) is 2.12. The number of aliphatic carboxylic acids is 1. The van der Waals surface area contributed by atoms with Crippen molar-refractivity contribution in [1.82, 2.24) is 4.98 Å². The molecule has 1 heterocycles. The van der Waals surface area contributed by atoms with Gasteiger partial charge in [-0.25, -0.2) is 9.78 Å². The number of benzene rings is 1. The van der Waals surface area contributed by atoms with Crippen molar-refractivity contribution >= 4 is 16.9 Å². The number of phenolic OH excluding ortho intramolecular Hbond substituents is 1. The molecular formula is C13H11EuNO3. The van der Waals surface area contributed by atoms with Gasteiger partial charge in [0.05, 0.1) is 0 Å². The van der Waals surface area contributed by atoms with Crippen molar-refractivity contribution in [1.29, 1.82) is 0 Å². The van der Waals surface area contributed by atoms with Gasteiger partial charge < -0.3 is 10.2 Å². The number of rotatable bonds is 3. The summed E-state index contributed by atoms with van der Waals surface area (Å²) in [5.74, 6) is -0.847. The van der Waals surface area contributed by atoms with Crippen LogP contribution in [-0.2, 0) is 11.2 Å². The molecule has 18 heavy (non-hydrogen) atoms. The number of para-hydroxylation sites is 1. The molecule has 5 heteroatoms. The number of phenols is 1. The normalized spacial score (nSPS) is 10.4. The van der Waals surface area contributed by atoms with E-state index in [1.165, 1.54) is 6.08 Å². The van der Waals surface area contributed by atoms with Crippen molar-refractivity contribution in [2.45, 2.75) is 6.42 Å². The molecule has 1 radical (unpaired) electrons. The summed E-state index contributed by atoms with van der Waals surface area (Å²) in [6.07, 6.45) is 3.03. The van der Waals surface area contributed by atoms with E-state index < -0.39 is 5.97 Å². The number of carbonyl (C=O) groups is 1. The van der Waals surface area contributed by atoms with E-state index in [0.717, 1.165) is 17.2 Å². The van der Waals surface area contributed by atoms with Gasteiger partial charge in [-0.2, -0.15) is 0 Å². The number of hydrogen-bond acceptors (Lipinski definition) is 3. The Labute approximate surface area is 145 Å². The number of allylic oxidation sites excluding steroid dienone is 1. The second kappa shape index (κ2) is 6.97. The first-order valence-corrected chi connectivity index (χ1v) is 5.14. The van der Waals surface area contributed by atoms with Gasteiger partial charge in [-0.15, -0.1) is 0 Å². The van der Waals surface area contributed by atoms with E-state index in [2.05, 4.69) is 4.98 Å². The molecule has 1 aromatic carbocycles. The Morgan fingerprint density at radius 2 is 2.06 bits per heavy atom. The Morgan fingerprint density at radius 1 is 1.28 bits per heavy atom. The Balaban J connectivity index is 0.00000162. The topological polar surface area (TPSA) is 70.4 Å². The summed E-state index contributed by atoms with van der Waals surface area (Å²) in [6.45, 7) is 0. The molecule has 0 aliphatic rings. The summed E-state index contributed by atoms with van der Waals surface area (Å²) in [4.78, 5) is 14.6. The Morgan fingerprint density at radius 3 is 2.78 bits per heavy atom. The summed E-state index contributed by atoms with van der Waals surface area (Å²) < 4.78 is 0. The van der Waals surface area contributed by atoms with Crippen LogP contribution in [0.3, 0.4) is 0 Å². The van der Waals surface area contributed by atoms with E-state index in [1.54, 1.807) is 12.1 Å². The third kappa shape index (κ3) is 3.87. The Hall–Kier alpha value is -0.776. The molecule has 0 spiro atoms. The fraction of sp³-hybridized carbons (Fsp3) is 0.0769. The standard InChI is InChI=1S/C13H11NO3.Eu/c15-11-5-1-3-9-7-8-10(14-13(9)11)4-2-6-12(16)17;/h1-3,5-8,15H,4H2,(H,16,17);. The van der Waals surface area contributed by atoms with Crippen LogP contribution in [0, 0.1) is 49.4 Å². The maximum Gasteiger partial charge on any atom is 0.327 e. The number of carboxylic acid groups (broad SMARTS) is 1. The molecule has 2 aromatic rings. The molecule has 0 aliphatic heterocycles. The van der Waals surface area contributed by atoms with Crippen LogP contribution in [0.4, 0.5) is 0 Å². The van der Waals surface area contributed by atoms with Crippen LogP contribution in [0.25, 0.3) is 10.9 Å². The SMILES string of the molecule is O=C(O)C=CCc1ccc2cccc(O)c2n1.[Eu]. The second-order valence-corrected chi connectivity index (χ2v) is 3.60. The van der Waals surface area contributed by atoms with Gasteiger partial charge in [0.2, 0.25) is 0 Å². The fourth-order valence-corrected chi connectivity index (χ4v) is 1.57. The first-order valence-electron chi connectivity index (χ1n) is 5.14. The van der Waals surface area contributed by atoms with Gasteiger partial charge >= 0.3 is 5.97 Å². The molecule has 2 rings (SSSR count). The number of aromatic hydroxyl groups is 1. The van der Waals surface area contributed by atoms with Crippen molar-refractivity contribution in [3.05, 3.63) is 48.2 Å². The number of hydrogen-bond donors (Lipinski definition) is 2. The van der Waals surface area contributed by atoms with Crippen LogP contribution in [0.1, 0.15) is 5.69 Å². The number of carboxylic acids is 1. The van der Waals surface area contributed by atoms with E-state index in [-0.39, 0.29) is 55.1 Å². The maximum atomic E-state index is 10.3. The van der Waals surface area contributed by atoms with Gasteiger partial charge in [-0.3, -0.25) is 0 Å². The molecule has 93 valence electrons. The molecule has 0 fully saturated rings. The number of nitrogens with zero attached hydrogens (tertiary/aromatic N) is 1. The van der Waals surface area contributed by atoms with Gasteiger partial charge in [-0.05, 0) is 12.1 Å². The monoisotopic (exact) mass is 382 g/mol. The average Bonchev–Trinajstić information content (AvgIpc) is 2.30. The summed E-state index contributed by atoms with van der Waals surface area (Å²) in [5, 5.41) is 19.0. The van der Waals surface area contributed by atoms with Crippen molar-refractivity contribution in [2.75, 3.05) is 0 Å². The second-order valence-electron chi connectivity index (χ2n) is 3.60. The minimum absolute atomic E-state index is 0. The molecule has 2 N–H and O–H groups in total. The first kappa shape index (κ1) is 15.3. The van der Waals surface area contributed by atoms with Crippen LogP contribution in [0.15, 0.2) is 42.5 Å². The third-order valence-corrected chi connectivity index (χ3v) is 2.34. The molecule has 0 aliphatic carbocycles. The molecule has 4 nitrogen and oxygen atoms in total. The molecule has 0 saturated carbocycles. The van der Waals surface area contributed by atoms with Crippen molar-refractivity contribution in [2.24, 2.45) is 0 Å². The molecule has 0 saturated heterocycles. The smallest absolute Gasteiger partial charge is 0.327 e. The number of pyridine rings is 1. The summed E-state index contributed by atoms with van der Waals surface area (Å²) in [6, 6.07) is 8.86. The molecule has 0 amide bonds. The van der Waals surface area contributed by atoms with Gasteiger partial charge in [0.15, 0.2) is 0 Å². The molecular weight excluding hydrogens is 370 g/mol. The third-order valence-electron chi connectivity index (χ3n) is 2.34. The van der Waals surface area contributed by atoms with E-state index in [0.29, 0.717) is 11.9 Å². The minimum atomic E-state index is -0.978. The van der Waals surface area contributed by atoms with Gasteiger partial charge in [0.25, 0.3) is 0 Å². The minimum Gasteiger partial charge on any atom is -0.506 e. The van der Waals surface area contributed by atoms with E-state index in [1.807, 2.05) is 18.2 Å². The van der Waals surface area contributed by atoms with Crippen molar-refractivity contribution in [3.8, 4) is 5.75 Å². The quantitative estimate of drug-likeness (QED) is 0.800. The Kier molecular flexibility index (Phi) is 5.92. The summed E-state index contributed by atoms with van der Waals surface area (Å²) in [5.41, 5.74) is 1.25. The van der Waals surface area contributed by atoms with E-state index in [9.17, 15) is 9.90 Å². The van der Waals surface area contributed by atoms with E-state index in [4.69, 9.17) is 5.11 Å². The molecule has 0 atom stereocenters. The zero-order valence-corrected chi connectivity index (χ0v) is 11.8. The van der Waals surface area contributed by atoms with Crippen molar-refractivity contribution < 1.29 is 64.4 Å². The zero-order chi connectivity index (χ0) is 12.3. The van der Waals surface area contributed by atoms with Crippen LogP contribution in [0.5, 0.6) is 5.75 Å². The van der Waals surface area contributed by atoms with Gasteiger partial charge in [-0.1, -0.05) is 24.3 Å². The van der Waals surface area contributed by atoms with Crippen molar-refractivity contribution in [3.63, 3.8) is 0 Å². The molecule has 1 aromatic heterocycles. The molecule has 0 unspecified atom stereocenters. The first-order chi connectivity index (χ1) is 8.16. The van der Waals surface area contributed by atoms with Crippen LogP contribution in [0.2, 0.25) is 0 Å². The largest absolute Gasteiger partial charge is 0.506 e. The average molecular weight is 381 g/mol. The summed E-state index contributed by atoms with van der Waals surface area (Å²) in [7, 11) is 0. The van der Waals surface area contributed by atoms with Crippen LogP contribution >= 0.6 is 0 Å². The number of aromatic nitrogens is 1. The zero-order valence-electron chi connectivity index (χ0n) is 9.38. The van der Waals surface area contributed by atoms with Crippen LogP contribution < -0.4 is 0 Å². The fourth-order valence-electron chi connectivity index (χ4n) is 1.57. The maximum absolute atomic E-state index is 10.3. The molecule has 0 bridgehead atoms. The summed E-state index contributed by atoms with van der Waals surface area (Å²) >= 11 is 0. The van der Waals surface area contributed by atoms with E-state index >= 15 is 0 Å². The van der Waals surface area contributed by atoms with Crippen LogP contribution in [-0.4, -0.2) is 21.2 Å². The Bertz CT molecular complexity index is 596. The van der Waals surface area contributed by atoms with Gasteiger partial charge in [0, 0.05) is 73.0 Å².